The maximum absolute atomic E-state index is 13.2. The largest absolute Gasteiger partial charge is 0.467 e. The van der Waals surface area contributed by atoms with Crippen LogP contribution in [0.5, 0.6) is 0 Å². The second-order valence-electron chi connectivity index (χ2n) is 7.87. The van der Waals surface area contributed by atoms with E-state index in [-0.39, 0.29) is 11.9 Å². The Balaban J connectivity index is 1.21. The van der Waals surface area contributed by atoms with Crippen LogP contribution in [0.3, 0.4) is 0 Å². The van der Waals surface area contributed by atoms with Gasteiger partial charge in [-0.15, -0.1) is 11.3 Å². The van der Waals surface area contributed by atoms with E-state index in [2.05, 4.69) is 26.9 Å². The van der Waals surface area contributed by atoms with Gasteiger partial charge in [-0.3, -0.25) is 19.6 Å². The standard InChI is InChI=1S/C23H25N5O2S/c29-23(17-27-11-9-26(10-12-27)16-18-5-1-2-8-24-18)28-20(21-6-3-13-30-21)15-19(25-28)22-7-4-14-31-22/h1-8,13-14,20H,9-12,15-17H2. The zero-order chi connectivity index (χ0) is 21.0. The van der Waals surface area contributed by atoms with Crippen LogP contribution in [0.2, 0.25) is 0 Å². The number of aromatic nitrogens is 1. The van der Waals surface area contributed by atoms with Crippen molar-refractivity contribution in [2.45, 2.75) is 19.0 Å². The van der Waals surface area contributed by atoms with Gasteiger partial charge in [-0.1, -0.05) is 12.1 Å². The molecule has 0 aliphatic carbocycles. The number of amides is 1. The molecule has 0 aromatic carbocycles. The van der Waals surface area contributed by atoms with Gasteiger partial charge in [-0.05, 0) is 35.7 Å². The van der Waals surface area contributed by atoms with Crippen molar-refractivity contribution >= 4 is 23.0 Å². The number of hydrogen-bond acceptors (Lipinski definition) is 7. The predicted octanol–water partition coefficient (Wildman–Crippen LogP) is 3.23. The van der Waals surface area contributed by atoms with Crippen molar-refractivity contribution in [3.63, 3.8) is 0 Å². The SMILES string of the molecule is O=C(CN1CCN(Cc2ccccn2)CC1)N1N=C(c2cccs2)CC1c1ccco1. The van der Waals surface area contributed by atoms with Gasteiger partial charge in [0, 0.05) is 45.3 Å². The molecule has 0 N–H and O–H groups in total. The first-order valence-corrected chi connectivity index (χ1v) is 11.5. The lowest BCUT2D eigenvalue weighted by Crippen LogP contribution is -2.49. The van der Waals surface area contributed by atoms with Gasteiger partial charge in [0.15, 0.2) is 0 Å². The number of hydrogen-bond donors (Lipinski definition) is 0. The molecule has 0 saturated carbocycles. The molecule has 2 aliphatic rings. The second-order valence-corrected chi connectivity index (χ2v) is 8.82. The molecule has 1 atom stereocenters. The zero-order valence-corrected chi connectivity index (χ0v) is 18.1. The molecular weight excluding hydrogens is 410 g/mol. The van der Waals surface area contributed by atoms with Gasteiger partial charge in [0.2, 0.25) is 0 Å². The van der Waals surface area contributed by atoms with Gasteiger partial charge in [-0.2, -0.15) is 5.10 Å². The molecule has 1 unspecified atom stereocenters. The number of piperazine rings is 1. The highest BCUT2D eigenvalue weighted by Crippen LogP contribution is 2.34. The van der Waals surface area contributed by atoms with Gasteiger partial charge in [0.05, 0.1) is 29.1 Å². The summed E-state index contributed by atoms with van der Waals surface area (Å²) >= 11 is 1.65. The number of nitrogens with zero attached hydrogens (tertiary/aromatic N) is 5. The van der Waals surface area contributed by atoms with Crippen molar-refractivity contribution < 1.29 is 9.21 Å². The summed E-state index contributed by atoms with van der Waals surface area (Å²) < 4.78 is 5.63. The zero-order valence-electron chi connectivity index (χ0n) is 17.3. The third kappa shape index (κ3) is 4.61. The van der Waals surface area contributed by atoms with Crippen molar-refractivity contribution in [2.75, 3.05) is 32.7 Å². The lowest BCUT2D eigenvalue weighted by Gasteiger charge is -2.34. The highest BCUT2D eigenvalue weighted by Gasteiger charge is 2.36. The van der Waals surface area contributed by atoms with E-state index in [0.29, 0.717) is 13.0 Å². The molecule has 0 spiro atoms. The maximum Gasteiger partial charge on any atom is 0.257 e. The predicted molar refractivity (Wildman–Crippen MR) is 120 cm³/mol. The Hall–Kier alpha value is -2.81. The summed E-state index contributed by atoms with van der Waals surface area (Å²) in [5.41, 5.74) is 2.03. The van der Waals surface area contributed by atoms with Crippen molar-refractivity contribution in [3.05, 3.63) is 76.6 Å². The van der Waals surface area contributed by atoms with E-state index in [1.807, 2.05) is 41.9 Å². The van der Waals surface area contributed by atoms with Crippen molar-refractivity contribution in [1.29, 1.82) is 0 Å². The molecule has 1 fully saturated rings. The fourth-order valence-electron chi connectivity index (χ4n) is 4.12. The van der Waals surface area contributed by atoms with Crippen LogP contribution in [0.25, 0.3) is 0 Å². The van der Waals surface area contributed by atoms with Crippen LogP contribution in [0, 0.1) is 0 Å². The summed E-state index contributed by atoms with van der Waals surface area (Å²) in [4.78, 5) is 23.3. The number of carbonyl (C=O) groups is 1. The van der Waals surface area contributed by atoms with Crippen LogP contribution in [0.4, 0.5) is 0 Å². The monoisotopic (exact) mass is 435 g/mol. The van der Waals surface area contributed by atoms with Crippen molar-refractivity contribution in [1.82, 2.24) is 19.8 Å². The van der Waals surface area contributed by atoms with Crippen LogP contribution >= 0.6 is 11.3 Å². The summed E-state index contributed by atoms with van der Waals surface area (Å²) in [6.45, 7) is 4.79. The molecule has 7 nitrogen and oxygen atoms in total. The Bertz CT molecular complexity index is 1010. The number of rotatable bonds is 6. The Labute approximate surface area is 185 Å². The molecule has 1 saturated heterocycles. The molecule has 0 bridgehead atoms. The molecule has 5 heterocycles. The smallest absolute Gasteiger partial charge is 0.257 e. The van der Waals surface area contributed by atoms with E-state index >= 15 is 0 Å². The van der Waals surface area contributed by atoms with Gasteiger partial charge in [-0.25, -0.2) is 5.01 Å². The molecule has 2 aliphatic heterocycles. The van der Waals surface area contributed by atoms with E-state index in [1.165, 1.54) is 0 Å². The minimum Gasteiger partial charge on any atom is -0.467 e. The van der Waals surface area contributed by atoms with Crippen LogP contribution in [0.1, 0.15) is 28.8 Å². The minimum atomic E-state index is -0.176. The van der Waals surface area contributed by atoms with Crippen LogP contribution in [0.15, 0.2) is 69.8 Å². The summed E-state index contributed by atoms with van der Waals surface area (Å²) in [7, 11) is 0. The number of carbonyl (C=O) groups excluding carboxylic acids is 1. The maximum atomic E-state index is 13.2. The summed E-state index contributed by atoms with van der Waals surface area (Å²) in [6, 6.07) is 13.7. The van der Waals surface area contributed by atoms with Gasteiger partial charge in [0.1, 0.15) is 11.8 Å². The van der Waals surface area contributed by atoms with Crippen LogP contribution in [-0.2, 0) is 11.3 Å². The molecule has 3 aromatic heterocycles. The Morgan fingerprint density at radius 3 is 2.65 bits per heavy atom. The highest BCUT2D eigenvalue weighted by molar-refractivity contribution is 7.12. The number of thiophene rings is 1. The van der Waals surface area contributed by atoms with E-state index in [1.54, 1.807) is 22.6 Å². The van der Waals surface area contributed by atoms with E-state index in [0.717, 1.165) is 54.8 Å². The fourth-order valence-corrected chi connectivity index (χ4v) is 4.85. The average Bonchev–Trinajstić information content (AvgIpc) is 3.56. The number of furan rings is 1. The molecule has 0 radical (unpaired) electrons. The molecule has 31 heavy (non-hydrogen) atoms. The average molecular weight is 436 g/mol. The molecule has 3 aromatic rings. The third-order valence-electron chi connectivity index (χ3n) is 5.78. The first-order chi connectivity index (χ1) is 15.3. The number of pyridine rings is 1. The normalized spacial score (nSPS) is 20.2. The summed E-state index contributed by atoms with van der Waals surface area (Å²) in [5, 5.41) is 8.38. The second kappa shape index (κ2) is 9.13. The van der Waals surface area contributed by atoms with Gasteiger partial charge < -0.3 is 4.42 Å². The summed E-state index contributed by atoms with van der Waals surface area (Å²) in [5.74, 6) is 0.801. The molecule has 160 valence electrons. The first-order valence-electron chi connectivity index (χ1n) is 10.6. The topological polar surface area (TPSA) is 65.2 Å². The Kier molecular flexibility index (Phi) is 5.93. The molecule has 5 rings (SSSR count). The molecular formula is C23H25N5O2S. The fraction of sp³-hybridized carbons (Fsp3) is 0.348. The Morgan fingerprint density at radius 2 is 1.94 bits per heavy atom. The minimum absolute atomic E-state index is 0.0196. The van der Waals surface area contributed by atoms with E-state index in [9.17, 15) is 4.79 Å². The molecule has 8 heteroatoms. The molecule has 1 amide bonds. The Morgan fingerprint density at radius 1 is 1.06 bits per heavy atom. The quantitative estimate of drug-likeness (QED) is 0.595. The summed E-state index contributed by atoms with van der Waals surface area (Å²) in [6.07, 6.45) is 4.17. The van der Waals surface area contributed by atoms with Crippen LogP contribution in [-0.4, -0.2) is 64.1 Å². The van der Waals surface area contributed by atoms with Gasteiger partial charge >= 0.3 is 0 Å². The van der Waals surface area contributed by atoms with Crippen molar-refractivity contribution in [3.8, 4) is 0 Å². The lowest BCUT2D eigenvalue weighted by atomic mass is 10.1. The first kappa shape index (κ1) is 20.1. The third-order valence-corrected chi connectivity index (χ3v) is 6.70. The van der Waals surface area contributed by atoms with Crippen molar-refractivity contribution in [2.24, 2.45) is 5.10 Å². The van der Waals surface area contributed by atoms with E-state index in [4.69, 9.17) is 9.52 Å². The lowest BCUT2D eigenvalue weighted by molar-refractivity contribution is -0.135. The van der Waals surface area contributed by atoms with E-state index < -0.39 is 0 Å². The number of hydrazone groups is 1. The van der Waals surface area contributed by atoms with Gasteiger partial charge in [0.25, 0.3) is 5.91 Å². The van der Waals surface area contributed by atoms with Crippen LogP contribution < -0.4 is 0 Å². The highest BCUT2D eigenvalue weighted by atomic mass is 32.1.